The quantitative estimate of drug-likeness (QED) is 0.432. The molecule has 0 aliphatic carbocycles. The van der Waals surface area contributed by atoms with Crippen molar-refractivity contribution in [1.82, 2.24) is 0 Å². The summed E-state index contributed by atoms with van der Waals surface area (Å²) in [6.07, 6.45) is -1.31. The Morgan fingerprint density at radius 1 is 0.941 bits per heavy atom. The minimum atomic E-state index is -2.77. The summed E-state index contributed by atoms with van der Waals surface area (Å²) in [4.78, 5) is 0. The summed E-state index contributed by atoms with van der Waals surface area (Å²) >= 11 is 0. The molecule has 0 radical (unpaired) electrons. The molecule has 184 valence electrons. The molecule has 0 saturated carbocycles. The van der Waals surface area contributed by atoms with Gasteiger partial charge in [0.1, 0.15) is 17.8 Å². The number of rotatable bonds is 7. The highest BCUT2D eigenvalue weighted by atomic mass is 28.4. The zero-order valence-electron chi connectivity index (χ0n) is 21.5. The third-order valence-electron chi connectivity index (χ3n) is 7.07. The normalized spacial score (nSPS) is 28.6. The van der Waals surface area contributed by atoms with Crippen LogP contribution in [0.4, 0.5) is 0 Å². The number of ether oxygens (including phenoxy) is 4. The molecule has 5 nitrogen and oxygen atoms in total. The second-order valence-corrected chi connectivity index (χ2v) is 15.2. The van der Waals surface area contributed by atoms with Crippen LogP contribution in [0.15, 0.2) is 72.8 Å². The van der Waals surface area contributed by atoms with Gasteiger partial charge >= 0.3 is 0 Å². The lowest BCUT2D eigenvalue weighted by molar-refractivity contribution is -0.238. The fourth-order valence-electron chi connectivity index (χ4n) is 5.48. The van der Waals surface area contributed by atoms with Gasteiger partial charge in [0.25, 0.3) is 8.32 Å². The molecule has 4 rings (SSSR count). The van der Waals surface area contributed by atoms with Gasteiger partial charge in [0.15, 0.2) is 12.1 Å². The Kier molecular flexibility index (Phi) is 6.70. The second-order valence-electron chi connectivity index (χ2n) is 10.9. The standard InChI is InChI=1S/C28H38O5Si/c1-20(2)28(24(29-8)23-25(33-28)32-27(6,7)31-23)19-30-34(26(3,4)5,21-15-11-9-12-16-21)22-17-13-10-14-18-22/h9-18,23-25H,1,19H2,2-8H3/t23-,24+,25+,28+/m1/s1. The Bertz CT molecular complexity index is 961. The Balaban J connectivity index is 1.79. The smallest absolute Gasteiger partial charge is 0.261 e. The predicted octanol–water partition coefficient (Wildman–Crippen LogP) is 4.40. The third-order valence-corrected chi connectivity index (χ3v) is 12.1. The van der Waals surface area contributed by atoms with Crippen molar-refractivity contribution in [2.24, 2.45) is 0 Å². The highest BCUT2D eigenvalue weighted by Gasteiger charge is 2.64. The molecule has 2 aromatic rings. The number of fused-ring (bicyclic) bond motifs is 1. The van der Waals surface area contributed by atoms with Gasteiger partial charge in [-0.3, -0.25) is 0 Å². The second kappa shape index (κ2) is 9.01. The fourth-order valence-corrected chi connectivity index (χ4v) is 10.1. The summed E-state index contributed by atoms with van der Waals surface area (Å²) in [6, 6.07) is 21.2. The third kappa shape index (κ3) is 4.10. The van der Waals surface area contributed by atoms with E-state index in [4.69, 9.17) is 23.4 Å². The summed E-state index contributed by atoms with van der Waals surface area (Å²) < 4.78 is 32.1. The van der Waals surface area contributed by atoms with Crippen LogP contribution in [0.1, 0.15) is 41.5 Å². The monoisotopic (exact) mass is 482 g/mol. The van der Waals surface area contributed by atoms with Crippen molar-refractivity contribution in [3.63, 3.8) is 0 Å². The van der Waals surface area contributed by atoms with E-state index in [0.717, 1.165) is 5.57 Å². The Labute approximate surface area is 205 Å². The molecule has 2 saturated heterocycles. The maximum atomic E-state index is 7.23. The van der Waals surface area contributed by atoms with Crippen LogP contribution >= 0.6 is 0 Å². The molecule has 2 aliphatic heterocycles. The predicted molar refractivity (Wildman–Crippen MR) is 137 cm³/mol. The molecule has 2 fully saturated rings. The van der Waals surface area contributed by atoms with Crippen LogP contribution < -0.4 is 10.4 Å². The first-order valence-corrected chi connectivity index (χ1v) is 13.8. The van der Waals surface area contributed by atoms with Crippen molar-refractivity contribution in [3.05, 3.63) is 72.8 Å². The molecular weight excluding hydrogens is 444 g/mol. The van der Waals surface area contributed by atoms with Crippen molar-refractivity contribution < 1.29 is 23.4 Å². The van der Waals surface area contributed by atoms with Gasteiger partial charge in [-0.15, -0.1) is 0 Å². The zero-order chi connectivity index (χ0) is 24.8. The van der Waals surface area contributed by atoms with Gasteiger partial charge in [-0.2, -0.15) is 0 Å². The SMILES string of the molecule is C=C(C)[C@]1(CO[Si](c2ccccc2)(c2ccccc2)C(C)(C)C)O[C@@H]2OC(C)(C)O[C@@H]2[C@@H]1OC. The number of methoxy groups -OCH3 is 1. The molecule has 0 unspecified atom stereocenters. The molecule has 0 aromatic heterocycles. The summed E-state index contributed by atoms with van der Waals surface area (Å²) in [5.74, 6) is -0.730. The van der Waals surface area contributed by atoms with E-state index < -0.39 is 32.1 Å². The molecule has 2 aromatic carbocycles. The van der Waals surface area contributed by atoms with E-state index in [2.05, 4.69) is 75.9 Å². The summed E-state index contributed by atoms with van der Waals surface area (Å²) in [7, 11) is -1.09. The lowest BCUT2D eigenvalue weighted by Gasteiger charge is -2.46. The van der Waals surface area contributed by atoms with Crippen molar-refractivity contribution in [1.29, 1.82) is 0 Å². The first-order chi connectivity index (χ1) is 16.0. The molecule has 34 heavy (non-hydrogen) atoms. The number of hydrogen-bond donors (Lipinski definition) is 0. The Hall–Kier alpha value is -1.80. The Morgan fingerprint density at radius 2 is 1.47 bits per heavy atom. The van der Waals surface area contributed by atoms with Crippen LogP contribution in [0.3, 0.4) is 0 Å². The fraction of sp³-hybridized carbons (Fsp3) is 0.500. The van der Waals surface area contributed by atoms with E-state index in [1.54, 1.807) is 7.11 Å². The van der Waals surface area contributed by atoms with Crippen LogP contribution in [-0.2, 0) is 23.4 Å². The molecule has 2 aliphatic rings. The van der Waals surface area contributed by atoms with E-state index in [9.17, 15) is 0 Å². The number of benzene rings is 2. The number of hydrogen-bond acceptors (Lipinski definition) is 5. The Morgan fingerprint density at radius 3 is 1.91 bits per heavy atom. The maximum Gasteiger partial charge on any atom is 0.261 e. The average Bonchev–Trinajstić information content (AvgIpc) is 3.23. The molecule has 6 heteroatoms. The molecule has 0 amide bonds. The molecule has 0 spiro atoms. The van der Waals surface area contributed by atoms with E-state index in [1.165, 1.54) is 10.4 Å². The van der Waals surface area contributed by atoms with Crippen molar-refractivity contribution in [2.45, 2.75) is 76.5 Å². The average molecular weight is 483 g/mol. The van der Waals surface area contributed by atoms with Gasteiger partial charge in [-0.25, -0.2) is 0 Å². The highest BCUT2D eigenvalue weighted by Crippen LogP contribution is 2.47. The van der Waals surface area contributed by atoms with Crippen LogP contribution in [0, 0.1) is 0 Å². The lowest BCUT2D eigenvalue weighted by Crippen LogP contribution is -2.68. The lowest BCUT2D eigenvalue weighted by atomic mass is 9.89. The summed E-state index contributed by atoms with van der Waals surface area (Å²) in [5.41, 5.74) is -0.0649. The van der Waals surface area contributed by atoms with Gasteiger partial charge in [-0.05, 0) is 41.8 Å². The molecular formula is C28H38O5Si. The zero-order valence-corrected chi connectivity index (χ0v) is 22.5. The maximum absolute atomic E-state index is 7.23. The van der Waals surface area contributed by atoms with Crippen molar-refractivity contribution in [2.75, 3.05) is 13.7 Å². The minimum Gasteiger partial charge on any atom is -0.404 e. The van der Waals surface area contributed by atoms with Crippen molar-refractivity contribution >= 4 is 18.7 Å². The summed E-state index contributed by atoms with van der Waals surface area (Å²) in [5, 5.41) is 2.27. The van der Waals surface area contributed by atoms with E-state index in [0.29, 0.717) is 0 Å². The van der Waals surface area contributed by atoms with Crippen LogP contribution in [0.25, 0.3) is 0 Å². The van der Waals surface area contributed by atoms with Gasteiger partial charge in [0.05, 0.1) is 6.61 Å². The van der Waals surface area contributed by atoms with Gasteiger partial charge in [0.2, 0.25) is 0 Å². The molecule has 4 atom stereocenters. The summed E-state index contributed by atoms with van der Waals surface area (Å²) in [6.45, 7) is 17.1. The van der Waals surface area contributed by atoms with Crippen molar-refractivity contribution in [3.8, 4) is 0 Å². The first kappa shape index (κ1) is 25.3. The van der Waals surface area contributed by atoms with Crippen LogP contribution in [0.5, 0.6) is 0 Å². The van der Waals surface area contributed by atoms with E-state index >= 15 is 0 Å². The first-order valence-electron chi connectivity index (χ1n) is 11.9. The minimum absolute atomic E-state index is 0.155. The van der Waals surface area contributed by atoms with E-state index in [-0.39, 0.29) is 17.7 Å². The molecule has 0 bridgehead atoms. The van der Waals surface area contributed by atoms with Gasteiger partial charge < -0.3 is 23.4 Å². The van der Waals surface area contributed by atoms with Crippen LogP contribution in [0.2, 0.25) is 5.04 Å². The molecule has 2 heterocycles. The topological polar surface area (TPSA) is 46.2 Å². The van der Waals surface area contributed by atoms with Crippen LogP contribution in [-0.4, -0.2) is 51.9 Å². The van der Waals surface area contributed by atoms with Gasteiger partial charge in [0, 0.05) is 7.11 Å². The largest absolute Gasteiger partial charge is 0.404 e. The van der Waals surface area contributed by atoms with Gasteiger partial charge in [-0.1, -0.05) is 88.0 Å². The molecule has 0 N–H and O–H groups in total. The highest BCUT2D eigenvalue weighted by molar-refractivity contribution is 6.99. The van der Waals surface area contributed by atoms with E-state index in [1.807, 2.05) is 32.9 Å².